The first-order chi connectivity index (χ1) is 8.42. The van der Waals surface area contributed by atoms with E-state index >= 15 is 0 Å². The predicted octanol–water partition coefficient (Wildman–Crippen LogP) is 2.82. The van der Waals surface area contributed by atoms with Crippen molar-refractivity contribution in [1.29, 1.82) is 0 Å². The molecule has 0 N–H and O–H groups in total. The molecule has 2 aromatic rings. The first-order valence-corrected chi connectivity index (χ1v) is 5.38. The molecule has 0 amide bonds. The minimum atomic E-state index is 0.297. The Labute approximate surface area is 99.8 Å². The van der Waals surface area contributed by atoms with E-state index in [0.717, 1.165) is 22.6 Å². The fourth-order valence-corrected chi connectivity index (χ4v) is 1.64. The molecule has 1 heterocycles. The van der Waals surface area contributed by atoms with Gasteiger partial charge in [0.15, 0.2) is 11.5 Å². The Morgan fingerprint density at radius 1 is 0.765 bits per heavy atom. The van der Waals surface area contributed by atoms with Gasteiger partial charge >= 0.3 is 0 Å². The maximum atomic E-state index is 5.30. The molecule has 0 unspecified atom stereocenters. The van der Waals surface area contributed by atoms with Crippen molar-refractivity contribution in [3.63, 3.8) is 0 Å². The molecule has 0 fully saturated rings. The Kier molecular flexibility index (Phi) is 2.44. The van der Waals surface area contributed by atoms with E-state index in [1.54, 1.807) is 0 Å². The molecule has 2 aromatic carbocycles. The molecule has 2 nitrogen and oxygen atoms in total. The molecule has 17 heavy (non-hydrogen) atoms. The normalized spacial score (nSPS) is 11.8. The van der Waals surface area contributed by atoms with Crippen LogP contribution in [-0.4, -0.2) is 6.79 Å². The summed E-state index contributed by atoms with van der Waals surface area (Å²) in [6.07, 6.45) is 0. The molecule has 0 saturated heterocycles. The van der Waals surface area contributed by atoms with Crippen LogP contribution in [0.15, 0.2) is 48.5 Å². The summed E-state index contributed by atoms with van der Waals surface area (Å²) in [4.78, 5) is 0. The summed E-state index contributed by atoms with van der Waals surface area (Å²) >= 11 is 0. The second-order valence-electron chi connectivity index (χ2n) is 3.68. The van der Waals surface area contributed by atoms with Crippen molar-refractivity contribution in [1.82, 2.24) is 0 Å². The highest BCUT2D eigenvalue weighted by atomic mass is 16.7. The summed E-state index contributed by atoms with van der Waals surface area (Å²) in [6.45, 7) is 0.297. The van der Waals surface area contributed by atoms with Crippen molar-refractivity contribution in [3.8, 4) is 23.3 Å². The fourth-order valence-electron chi connectivity index (χ4n) is 1.64. The zero-order valence-electron chi connectivity index (χ0n) is 9.14. The number of fused-ring (bicyclic) bond motifs is 1. The monoisotopic (exact) mass is 222 g/mol. The Bertz CT molecular complexity index is 591. The van der Waals surface area contributed by atoms with Gasteiger partial charge in [-0.05, 0) is 30.3 Å². The van der Waals surface area contributed by atoms with Gasteiger partial charge in [-0.25, -0.2) is 0 Å². The van der Waals surface area contributed by atoms with Gasteiger partial charge in [-0.3, -0.25) is 0 Å². The van der Waals surface area contributed by atoms with E-state index in [1.165, 1.54) is 0 Å². The molecule has 0 saturated carbocycles. The van der Waals surface area contributed by atoms with Gasteiger partial charge in [0.05, 0.1) is 0 Å². The van der Waals surface area contributed by atoms with Crippen LogP contribution in [0.2, 0.25) is 0 Å². The number of ether oxygens (including phenoxy) is 2. The lowest BCUT2D eigenvalue weighted by Gasteiger charge is -1.95. The van der Waals surface area contributed by atoms with Gasteiger partial charge in [-0.2, -0.15) is 0 Å². The molecule has 0 atom stereocenters. The Hall–Kier alpha value is -2.40. The van der Waals surface area contributed by atoms with Gasteiger partial charge < -0.3 is 9.47 Å². The first kappa shape index (κ1) is 9.80. The third-order valence-electron chi connectivity index (χ3n) is 2.50. The summed E-state index contributed by atoms with van der Waals surface area (Å²) in [5, 5.41) is 0. The molecule has 0 radical (unpaired) electrons. The van der Waals surface area contributed by atoms with Crippen LogP contribution in [0.1, 0.15) is 11.1 Å². The summed E-state index contributed by atoms with van der Waals surface area (Å²) < 4.78 is 10.5. The van der Waals surface area contributed by atoms with Crippen LogP contribution in [0, 0.1) is 11.8 Å². The third-order valence-corrected chi connectivity index (χ3v) is 2.50. The quantitative estimate of drug-likeness (QED) is 0.638. The van der Waals surface area contributed by atoms with E-state index in [9.17, 15) is 0 Å². The van der Waals surface area contributed by atoms with Gasteiger partial charge in [0, 0.05) is 11.1 Å². The van der Waals surface area contributed by atoms with Crippen LogP contribution in [-0.2, 0) is 0 Å². The number of benzene rings is 2. The topological polar surface area (TPSA) is 18.5 Å². The smallest absolute Gasteiger partial charge is 0.231 e. The van der Waals surface area contributed by atoms with Crippen molar-refractivity contribution in [2.24, 2.45) is 0 Å². The second-order valence-corrected chi connectivity index (χ2v) is 3.68. The van der Waals surface area contributed by atoms with E-state index in [0.29, 0.717) is 6.79 Å². The van der Waals surface area contributed by atoms with Gasteiger partial charge in [0.2, 0.25) is 6.79 Å². The van der Waals surface area contributed by atoms with E-state index < -0.39 is 0 Å². The second kappa shape index (κ2) is 4.23. The third kappa shape index (κ3) is 2.09. The van der Waals surface area contributed by atoms with Crippen LogP contribution in [0.25, 0.3) is 0 Å². The SMILES string of the molecule is C(#Cc1ccc2c(c1)OCO2)c1ccccc1. The molecule has 82 valence electrons. The van der Waals surface area contributed by atoms with Crippen molar-refractivity contribution >= 4 is 0 Å². The number of hydrogen-bond acceptors (Lipinski definition) is 2. The van der Waals surface area contributed by atoms with Crippen LogP contribution in [0.5, 0.6) is 11.5 Å². The summed E-state index contributed by atoms with van der Waals surface area (Å²) in [5.74, 6) is 7.77. The molecule has 3 rings (SSSR count). The minimum absolute atomic E-state index is 0.297. The van der Waals surface area contributed by atoms with Gasteiger partial charge in [-0.1, -0.05) is 30.0 Å². The van der Waals surface area contributed by atoms with Gasteiger partial charge in [0.25, 0.3) is 0 Å². The largest absolute Gasteiger partial charge is 0.454 e. The highest BCUT2D eigenvalue weighted by Gasteiger charge is 2.12. The van der Waals surface area contributed by atoms with Crippen molar-refractivity contribution in [2.45, 2.75) is 0 Å². The predicted molar refractivity (Wildman–Crippen MR) is 65.0 cm³/mol. The molecule has 0 bridgehead atoms. The molecule has 1 aliphatic rings. The first-order valence-electron chi connectivity index (χ1n) is 5.38. The van der Waals surface area contributed by atoms with Crippen molar-refractivity contribution in [2.75, 3.05) is 6.79 Å². The Morgan fingerprint density at radius 2 is 1.53 bits per heavy atom. The number of rotatable bonds is 0. The molecular formula is C15H10O2. The zero-order valence-corrected chi connectivity index (χ0v) is 9.14. The molecule has 0 spiro atoms. The van der Waals surface area contributed by atoms with E-state index in [4.69, 9.17) is 9.47 Å². The van der Waals surface area contributed by atoms with Crippen LogP contribution >= 0.6 is 0 Å². The summed E-state index contributed by atoms with van der Waals surface area (Å²) in [7, 11) is 0. The maximum absolute atomic E-state index is 5.30. The van der Waals surface area contributed by atoms with E-state index in [2.05, 4.69) is 11.8 Å². The average molecular weight is 222 g/mol. The highest BCUT2D eigenvalue weighted by molar-refractivity contribution is 5.51. The van der Waals surface area contributed by atoms with Crippen LogP contribution in [0.4, 0.5) is 0 Å². The van der Waals surface area contributed by atoms with Gasteiger partial charge in [0.1, 0.15) is 0 Å². The lowest BCUT2D eigenvalue weighted by atomic mass is 10.1. The summed E-state index contributed by atoms with van der Waals surface area (Å²) in [6, 6.07) is 15.6. The Morgan fingerprint density at radius 3 is 2.41 bits per heavy atom. The fraction of sp³-hybridized carbons (Fsp3) is 0.0667. The highest BCUT2D eigenvalue weighted by Crippen LogP contribution is 2.32. The number of hydrogen-bond donors (Lipinski definition) is 0. The lowest BCUT2D eigenvalue weighted by Crippen LogP contribution is -1.92. The Balaban J connectivity index is 1.89. The van der Waals surface area contributed by atoms with E-state index in [-0.39, 0.29) is 0 Å². The van der Waals surface area contributed by atoms with Crippen molar-refractivity contribution in [3.05, 3.63) is 59.7 Å². The maximum Gasteiger partial charge on any atom is 0.231 e. The molecule has 2 heteroatoms. The lowest BCUT2D eigenvalue weighted by molar-refractivity contribution is 0.174. The standard InChI is InChI=1S/C15H10O2/c1-2-4-12(5-3-1)6-7-13-8-9-14-15(10-13)17-11-16-14/h1-5,8-10H,11H2. The van der Waals surface area contributed by atoms with Gasteiger partial charge in [-0.15, -0.1) is 0 Å². The zero-order chi connectivity index (χ0) is 11.5. The van der Waals surface area contributed by atoms with Crippen molar-refractivity contribution < 1.29 is 9.47 Å². The molecule has 0 aliphatic carbocycles. The van der Waals surface area contributed by atoms with Crippen LogP contribution in [0.3, 0.4) is 0 Å². The average Bonchev–Trinajstić information content (AvgIpc) is 2.85. The van der Waals surface area contributed by atoms with Crippen LogP contribution < -0.4 is 9.47 Å². The summed E-state index contributed by atoms with van der Waals surface area (Å²) in [5.41, 5.74) is 1.93. The molecule has 0 aromatic heterocycles. The minimum Gasteiger partial charge on any atom is -0.454 e. The van der Waals surface area contributed by atoms with E-state index in [1.807, 2.05) is 48.5 Å². The molecular weight excluding hydrogens is 212 g/mol. The molecule has 1 aliphatic heterocycles.